The Balaban J connectivity index is 1.33. The number of likely N-dealkylation sites (tertiary alicyclic amines) is 1. The Morgan fingerprint density at radius 1 is 1.12 bits per heavy atom. The number of nitrogens with one attached hydrogen (secondary N) is 1. The zero-order valence-corrected chi connectivity index (χ0v) is 15.5. The number of hydrogen-bond acceptors (Lipinski definition) is 1. The number of benzene rings is 2. The number of nitrogens with zero attached hydrogens (tertiary/aromatic N) is 1. The van der Waals surface area contributed by atoms with Crippen LogP contribution < -0.4 is 0 Å². The predicted octanol–water partition coefficient (Wildman–Crippen LogP) is 5.16. The van der Waals surface area contributed by atoms with Gasteiger partial charge in [0.25, 0.3) is 0 Å². The lowest BCUT2D eigenvalue weighted by Crippen LogP contribution is -2.38. The number of aromatic nitrogens is 1. The normalized spacial score (nSPS) is 15.5. The van der Waals surface area contributed by atoms with Crippen molar-refractivity contribution in [1.29, 1.82) is 0 Å². The number of para-hydroxylation sites is 1. The van der Waals surface area contributed by atoms with E-state index in [1.165, 1.54) is 16.5 Å². The van der Waals surface area contributed by atoms with Gasteiger partial charge in [0.1, 0.15) is 0 Å². The van der Waals surface area contributed by atoms with Crippen LogP contribution in [0.5, 0.6) is 0 Å². The highest BCUT2D eigenvalue weighted by Gasteiger charge is 2.25. The van der Waals surface area contributed by atoms with Gasteiger partial charge in [0.2, 0.25) is 5.91 Å². The van der Waals surface area contributed by atoms with Crippen molar-refractivity contribution in [2.24, 2.45) is 0 Å². The average molecular weight is 367 g/mol. The number of piperidine rings is 1. The molecule has 0 atom stereocenters. The van der Waals surface area contributed by atoms with Gasteiger partial charge in [0, 0.05) is 41.6 Å². The van der Waals surface area contributed by atoms with Gasteiger partial charge in [-0.1, -0.05) is 41.9 Å². The quantitative estimate of drug-likeness (QED) is 0.680. The van der Waals surface area contributed by atoms with Crippen molar-refractivity contribution in [2.45, 2.75) is 31.6 Å². The van der Waals surface area contributed by atoms with Crippen LogP contribution in [-0.4, -0.2) is 28.9 Å². The van der Waals surface area contributed by atoms with E-state index in [9.17, 15) is 4.79 Å². The van der Waals surface area contributed by atoms with Gasteiger partial charge in [-0.3, -0.25) is 4.79 Å². The van der Waals surface area contributed by atoms with Crippen LogP contribution in [0.3, 0.4) is 0 Å². The summed E-state index contributed by atoms with van der Waals surface area (Å²) in [6.45, 7) is 1.69. The molecule has 4 heteroatoms. The molecule has 0 saturated carbocycles. The molecule has 134 valence electrons. The van der Waals surface area contributed by atoms with Crippen LogP contribution >= 0.6 is 11.6 Å². The fraction of sp³-hybridized carbons (Fsp3) is 0.318. The number of carbonyl (C=O) groups excluding carboxylic acids is 1. The summed E-state index contributed by atoms with van der Waals surface area (Å²) in [7, 11) is 0. The van der Waals surface area contributed by atoms with Gasteiger partial charge in [0.15, 0.2) is 0 Å². The van der Waals surface area contributed by atoms with Crippen molar-refractivity contribution in [3.8, 4) is 0 Å². The summed E-state index contributed by atoms with van der Waals surface area (Å²) in [5.74, 6) is 0.783. The fourth-order valence-electron chi connectivity index (χ4n) is 3.97. The van der Waals surface area contributed by atoms with Gasteiger partial charge in [0.05, 0.1) is 0 Å². The molecular weight excluding hydrogens is 344 g/mol. The smallest absolute Gasteiger partial charge is 0.222 e. The Labute approximate surface area is 159 Å². The van der Waals surface area contributed by atoms with Crippen molar-refractivity contribution < 1.29 is 4.79 Å². The molecule has 1 amide bonds. The molecule has 1 saturated heterocycles. The molecule has 1 aromatic heterocycles. The van der Waals surface area contributed by atoms with Crippen molar-refractivity contribution in [3.05, 3.63) is 70.9 Å². The molecule has 3 nitrogen and oxygen atoms in total. The van der Waals surface area contributed by atoms with Crippen LogP contribution in [0.4, 0.5) is 0 Å². The maximum Gasteiger partial charge on any atom is 0.222 e. The number of rotatable bonds is 4. The summed E-state index contributed by atoms with van der Waals surface area (Å²) in [6, 6.07) is 16.2. The molecule has 1 fully saturated rings. The van der Waals surface area contributed by atoms with Crippen LogP contribution in [-0.2, 0) is 11.2 Å². The van der Waals surface area contributed by atoms with E-state index < -0.39 is 0 Å². The Kier molecular flexibility index (Phi) is 4.98. The zero-order chi connectivity index (χ0) is 17.9. The number of amides is 1. The molecule has 3 aromatic rings. The van der Waals surface area contributed by atoms with Gasteiger partial charge in [-0.05, 0) is 54.5 Å². The zero-order valence-electron chi connectivity index (χ0n) is 14.7. The average Bonchev–Trinajstić information content (AvgIpc) is 3.10. The number of halogens is 1. The first-order valence-corrected chi connectivity index (χ1v) is 9.67. The monoisotopic (exact) mass is 366 g/mol. The van der Waals surface area contributed by atoms with Crippen LogP contribution in [0.1, 0.15) is 36.3 Å². The molecule has 1 aliphatic rings. The summed E-state index contributed by atoms with van der Waals surface area (Å²) in [5.41, 5.74) is 3.72. The third kappa shape index (κ3) is 3.63. The van der Waals surface area contributed by atoms with E-state index in [-0.39, 0.29) is 5.91 Å². The highest BCUT2D eigenvalue weighted by atomic mass is 35.5. The number of carbonyl (C=O) groups is 1. The van der Waals surface area contributed by atoms with Gasteiger partial charge in [-0.15, -0.1) is 0 Å². The molecule has 4 rings (SSSR count). The van der Waals surface area contributed by atoms with Crippen LogP contribution in [0.2, 0.25) is 5.02 Å². The van der Waals surface area contributed by atoms with Gasteiger partial charge in [-0.25, -0.2) is 0 Å². The van der Waals surface area contributed by atoms with Gasteiger partial charge in [-0.2, -0.15) is 0 Å². The van der Waals surface area contributed by atoms with E-state index in [1.54, 1.807) is 0 Å². The summed E-state index contributed by atoms with van der Waals surface area (Å²) < 4.78 is 0. The van der Waals surface area contributed by atoms with Crippen LogP contribution in [0.15, 0.2) is 54.7 Å². The summed E-state index contributed by atoms with van der Waals surface area (Å²) in [6.07, 6.45) is 5.52. The largest absolute Gasteiger partial charge is 0.361 e. The van der Waals surface area contributed by atoms with Crippen LogP contribution in [0, 0.1) is 0 Å². The molecule has 1 aliphatic heterocycles. The Morgan fingerprint density at radius 2 is 1.92 bits per heavy atom. The molecule has 0 radical (unpaired) electrons. The first-order valence-electron chi connectivity index (χ1n) is 9.29. The first-order chi connectivity index (χ1) is 12.7. The third-order valence-electron chi connectivity index (χ3n) is 5.43. The number of H-pyrrole nitrogens is 1. The third-order valence-corrected chi connectivity index (χ3v) is 5.66. The van der Waals surface area contributed by atoms with E-state index in [2.05, 4.69) is 35.4 Å². The van der Waals surface area contributed by atoms with E-state index in [0.717, 1.165) is 42.9 Å². The Bertz CT molecular complexity index is 909. The molecular formula is C22H23ClN2O. The lowest BCUT2D eigenvalue weighted by Gasteiger charge is -2.32. The topological polar surface area (TPSA) is 36.1 Å². The van der Waals surface area contributed by atoms with Crippen molar-refractivity contribution in [2.75, 3.05) is 13.1 Å². The first kappa shape index (κ1) is 17.2. The Morgan fingerprint density at radius 3 is 2.73 bits per heavy atom. The molecule has 1 N–H and O–H groups in total. The van der Waals surface area contributed by atoms with Crippen molar-refractivity contribution in [1.82, 2.24) is 9.88 Å². The van der Waals surface area contributed by atoms with E-state index in [4.69, 9.17) is 11.6 Å². The maximum absolute atomic E-state index is 12.5. The maximum atomic E-state index is 12.5. The molecule has 2 heterocycles. The molecule has 0 aliphatic carbocycles. The molecule has 2 aromatic carbocycles. The SMILES string of the molecule is O=C(CCc1cccc(Cl)c1)N1CCC(c2c[nH]c3ccccc23)CC1. The second-order valence-corrected chi connectivity index (χ2v) is 7.51. The summed E-state index contributed by atoms with van der Waals surface area (Å²) in [4.78, 5) is 17.9. The van der Waals surface area contributed by atoms with E-state index in [0.29, 0.717) is 12.3 Å². The number of hydrogen-bond donors (Lipinski definition) is 1. The van der Waals surface area contributed by atoms with Crippen molar-refractivity contribution >= 4 is 28.4 Å². The van der Waals surface area contributed by atoms with Gasteiger partial charge >= 0.3 is 0 Å². The van der Waals surface area contributed by atoms with Crippen molar-refractivity contribution in [3.63, 3.8) is 0 Å². The number of fused-ring (bicyclic) bond motifs is 1. The molecule has 0 bridgehead atoms. The minimum absolute atomic E-state index is 0.252. The van der Waals surface area contributed by atoms with E-state index in [1.807, 2.05) is 29.2 Å². The highest BCUT2D eigenvalue weighted by molar-refractivity contribution is 6.30. The fourth-order valence-corrected chi connectivity index (χ4v) is 4.19. The number of aryl methyl sites for hydroxylation is 1. The molecule has 0 unspecified atom stereocenters. The molecule has 26 heavy (non-hydrogen) atoms. The summed E-state index contributed by atoms with van der Waals surface area (Å²) >= 11 is 6.02. The minimum Gasteiger partial charge on any atom is -0.361 e. The van der Waals surface area contributed by atoms with E-state index >= 15 is 0 Å². The lowest BCUT2D eigenvalue weighted by molar-refractivity contribution is -0.132. The van der Waals surface area contributed by atoms with Crippen LogP contribution in [0.25, 0.3) is 10.9 Å². The highest BCUT2D eigenvalue weighted by Crippen LogP contribution is 2.33. The second kappa shape index (κ2) is 7.55. The number of aromatic amines is 1. The molecule has 0 spiro atoms. The minimum atomic E-state index is 0.252. The lowest BCUT2D eigenvalue weighted by atomic mass is 9.89. The summed E-state index contributed by atoms with van der Waals surface area (Å²) in [5, 5.41) is 2.05. The second-order valence-electron chi connectivity index (χ2n) is 7.07. The Hall–Kier alpha value is -2.26. The van der Waals surface area contributed by atoms with Gasteiger partial charge < -0.3 is 9.88 Å². The predicted molar refractivity (Wildman–Crippen MR) is 107 cm³/mol. The standard InChI is InChI=1S/C22H23ClN2O/c23-18-5-3-4-16(14-18)8-9-22(26)25-12-10-17(11-13-25)20-15-24-21-7-2-1-6-19(20)21/h1-7,14-15,17,24H,8-13H2.